The smallest absolute Gasteiger partial charge is 0.270 e. The van der Waals surface area contributed by atoms with E-state index in [2.05, 4.69) is 19.8 Å². The highest BCUT2D eigenvalue weighted by Gasteiger charge is 2.21. The first kappa shape index (κ1) is 18.6. The van der Waals surface area contributed by atoms with Crippen LogP contribution in [0.25, 0.3) is 21.3 Å². The molecule has 30 heavy (non-hydrogen) atoms. The summed E-state index contributed by atoms with van der Waals surface area (Å²) in [6.07, 6.45) is 1.81. The molecule has 1 aromatic carbocycles. The molecule has 0 aliphatic carbocycles. The summed E-state index contributed by atoms with van der Waals surface area (Å²) in [5.41, 5.74) is 2.64. The topological polar surface area (TPSA) is 74.4 Å². The number of aromatic amines is 1. The van der Waals surface area contributed by atoms with Gasteiger partial charge in [-0.2, -0.15) is 0 Å². The molecule has 1 aliphatic rings. The van der Waals surface area contributed by atoms with Crippen LogP contribution in [-0.4, -0.2) is 48.2 Å². The molecule has 1 aliphatic heterocycles. The second-order valence-corrected chi connectivity index (χ2v) is 7.99. The van der Waals surface area contributed by atoms with Gasteiger partial charge in [-0.05, 0) is 29.8 Å². The number of hydrogen-bond acceptors (Lipinski definition) is 7. The Morgan fingerprint density at radius 1 is 1.03 bits per heavy atom. The lowest BCUT2D eigenvalue weighted by Crippen LogP contribution is -2.47. The number of H-pyrrole nitrogens is 1. The molecule has 0 saturated carbocycles. The molecule has 0 amide bonds. The van der Waals surface area contributed by atoms with Crippen molar-refractivity contribution in [3.8, 4) is 16.9 Å². The number of nitrogens with one attached hydrogen (secondary N) is 1. The van der Waals surface area contributed by atoms with Gasteiger partial charge in [0.1, 0.15) is 16.3 Å². The van der Waals surface area contributed by atoms with Crippen molar-refractivity contribution < 1.29 is 4.74 Å². The van der Waals surface area contributed by atoms with Crippen LogP contribution in [0, 0.1) is 0 Å². The van der Waals surface area contributed by atoms with E-state index in [0.717, 1.165) is 54.4 Å². The zero-order valence-electron chi connectivity index (χ0n) is 16.5. The Morgan fingerprint density at radius 2 is 1.80 bits per heavy atom. The number of nitrogens with zero attached hydrogens (tertiary/aromatic N) is 4. The summed E-state index contributed by atoms with van der Waals surface area (Å²) in [6.45, 7) is 3.20. The zero-order chi connectivity index (χ0) is 20.5. The fraction of sp³-hybridized carbons (Fsp3) is 0.227. The third-order valence-electron chi connectivity index (χ3n) is 5.37. The van der Waals surface area contributed by atoms with Gasteiger partial charge in [0.25, 0.3) is 5.56 Å². The van der Waals surface area contributed by atoms with Gasteiger partial charge in [0.2, 0.25) is 5.95 Å². The van der Waals surface area contributed by atoms with Crippen molar-refractivity contribution in [2.75, 3.05) is 43.1 Å². The van der Waals surface area contributed by atoms with E-state index < -0.39 is 0 Å². The minimum absolute atomic E-state index is 0.0908. The van der Waals surface area contributed by atoms with Crippen LogP contribution in [0.15, 0.2) is 58.8 Å². The summed E-state index contributed by atoms with van der Waals surface area (Å²) in [6, 6.07) is 13.8. The molecule has 7 nitrogen and oxygen atoms in total. The highest BCUT2D eigenvalue weighted by atomic mass is 32.1. The van der Waals surface area contributed by atoms with Gasteiger partial charge >= 0.3 is 0 Å². The maximum absolute atomic E-state index is 12.7. The van der Waals surface area contributed by atoms with Crippen molar-refractivity contribution in [2.24, 2.45) is 0 Å². The fourth-order valence-electron chi connectivity index (χ4n) is 3.73. The Balaban J connectivity index is 1.43. The number of methoxy groups -OCH3 is 1. The first-order valence-electron chi connectivity index (χ1n) is 9.80. The Morgan fingerprint density at radius 3 is 2.50 bits per heavy atom. The lowest BCUT2D eigenvalue weighted by atomic mass is 10.1. The van der Waals surface area contributed by atoms with E-state index in [-0.39, 0.29) is 5.56 Å². The lowest BCUT2D eigenvalue weighted by Gasteiger charge is -2.35. The number of piperazine rings is 1. The van der Waals surface area contributed by atoms with Gasteiger partial charge in [0, 0.05) is 43.3 Å². The molecule has 8 heteroatoms. The lowest BCUT2D eigenvalue weighted by molar-refractivity contribution is 0.415. The average Bonchev–Trinajstić information content (AvgIpc) is 3.24. The van der Waals surface area contributed by atoms with Crippen LogP contribution in [0.2, 0.25) is 0 Å². The van der Waals surface area contributed by atoms with Crippen LogP contribution in [0.4, 0.5) is 11.8 Å². The molecule has 0 bridgehead atoms. The highest BCUT2D eigenvalue weighted by molar-refractivity contribution is 7.17. The third kappa shape index (κ3) is 3.39. The summed E-state index contributed by atoms with van der Waals surface area (Å²) in [5, 5.41) is 2.00. The van der Waals surface area contributed by atoms with E-state index in [1.54, 1.807) is 7.11 Å². The Bertz CT molecular complexity index is 1210. The van der Waals surface area contributed by atoms with Gasteiger partial charge in [0.15, 0.2) is 0 Å². The van der Waals surface area contributed by atoms with Gasteiger partial charge in [-0.25, -0.2) is 9.97 Å². The number of rotatable bonds is 4. The van der Waals surface area contributed by atoms with Gasteiger partial charge < -0.3 is 14.5 Å². The van der Waals surface area contributed by atoms with Gasteiger partial charge in [-0.3, -0.25) is 9.78 Å². The Hall–Kier alpha value is -3.39. The maximum Gasteiger partial charge on any atom is 0.270 e. The number of anilines is 2. The fourth-order valence-corrected chi connectivity index (χ4v) is 4.64. The molecule has 0 radical (unpaired) electrons. The van der Waals surface area contributed by atoms with Crippen LogP contribution in [0.3, 0.4) is 0 Å². The summed E-state index contributed by atoms with van der Waals surface area (Å²) in [7, 11) is 1.65. The van der Waals surface area contributed by atoms with Crippen LogP contribution in [0.5, 0.6) is 5.75 Å². The van der Waals surface area contributed by atoms with Crippen molar-refractivity contribution in [1.82, 2.24) is 15.0 Å². The van der Waals surface area contributed by atoms with Gasteiger partial charge in [-0.15, -0.1) is 11.3 Å². The van der Waals surface area contributed by atoms with E-state index in [0.29, 0.717) is 10.6 Å². The van der Waals surface area contributed by atoms with Crippen molar-refractivity contribution in [2.45, 2.75) is 0 Å². The molecule has 4 aromatic rings. The number of thiophene rings is 1. The van der Waals surface area contributed by atoms with Gasteiger partial charge in [-0.1, -0.05) is 18.2 Å². The molecule has 1 N–H and O–H groups in total. The minimum atomic E-state index is -0.0908. The minimum Gasteiger partial charge on any atom is -0.497 e. The molecule has 0 unspecified atom stereocenters. The molecule has 1 fully saturated rings. The number of pyridine rings is 1. The van der Waals surface area contributed by atoms with E-state index in [4.69, 9.17) is 9.72 Å². The summed E-state index contributed by atoms with van der Waals surface area (Å²) in [5.74, 6) is 2.41. The molecular formula is C22H21N5O2S. The molecule has 0 spiro atoms. The summed E-state index contributed by atoms with van der Waals surface area (Å²) < 4.78 is 5.90. The van der Waals surface area contributed by atoms with E-state index in [1.165, 1.54) is 11.3 Å². The zero-order valence-corrected chi connectivity index (χ0v) is 17.4. The summed E-state index contributed by atoms with van der Waals surface area (Å²) >= 11 is 1.43. The normalized spacial score (nSPS) is 14.3. The van der Waals surface area contributed by atoms with Crippen LogP contribution < -0.4 is 20.1 Å². The first-order valence-corrected chi connectivity index (χ1v) is 10.7. The second kappa shape index (κ2) is 7.79. The number of aromatic nitrogens is 3. The van der Waals surface area contributed by atoms with E-state index >= 15 is 0 Å². The first-order chi connectivity index (χ1) is 14.7. The van der Waals surface area contributed by atoms with Crippen molar-refractivity contribution >= 4 is 33.3 Å². The Labute approximate surface area is 177 Å². The molecule has 0 atom stereocenters. The average molecular weight is 420 g/mol. The van der Waals surface area contributed by atoms with Crippen molar-refractivity contribution in [3.63, 3.8) is 0 Å². The monoisotopic (exact) mass is 419 g/mol. The molecule has 152 valence electrons. The summed E-state index contributed by atoms with van der Waals surface area (Å²) in [4.78, 5) is 29.4. The highest BCUT2D eigenvalue weighted by Crippen LogP contribution is 2.32. The maximum atomic E-state index is 12.7. The third-order valence-corrected chi connectivity index (χ3v) is 6.34. The molecular weight excluding hydrogens is 398 g/mol. The molecule has 5 rings (SSSR count). The predicted molar refractivity (Wildman–Crippen MR) is 121 cm³/mol. The molecule has 3 aromatic heterocycles. The molecule has 1 saturated heterocycles. The standard InChI is InChI=1S/C22H21N5O2S/c1-29-16-7-5-15(6-8-16)17-14-30-20-19(17)24-22(25-21(20)28)27-12-10-26(11-13-27)18-4-2-3-9-23-18/h2-9,14H,10-13H2,1H3,(H,24,25,28). The van der Waals surface area contributed by atoms with E-state index in [9.17, 15) is 4.79 Å². The van der Waals surface area contributed by atoms with Crippen LogP contribution >= 0.6 is 11.3 Å². The number of ether oxygens (including phenoxy) is 1. The SMILES string of the molecule is COc1ccc(-c2csc3c(=O)[nH]c(N4CCN(c5ccccn5)CC4)nc23)cc1. The van der Waals surface area contributed by atoms with Crippen LogP contribution in [0.1, 0.15) is 0 Å². The van der Waals surface area contributed by atoms with Crippen molar-refractivity contribution in [3.05, 3.63) is 64.4 Å². The Kier molecular flexibility index (Phi) is 4.84. The van der Waals surface area contributed by atoms with Gasteiger partial charge in [0.05, 0.1) is 12.6 Å². The number of hydrogen-bond donors (Lipinski definition) is 1. The second-order valence-electron chi connectivity index (χ2n) is 7.11. The quantitative estimate of drug-likeness (QED) is 0.547. The molecule has 4 heterocycles. The van der Waals surface area contributed by atoms with Crippen molar-refractivity contribution in [1.29, 1.82) is 0 Å². The number of fused-ring (bicyclic) bond motifs is 1. The predicted octanol–water partition coefficient (Wildman–Crippen LogP) is 3.38. The number of benzene rings is 1. The largest absolute Gasteiger partial charge is 0.497 e. The van der Waals surface area contributed by atoms with E-state index in [1.807, 2.05) is 54.0 Å². The van der Waals surface area contributed by atoms with Crippen LogP contribution in [-0.2, 0) is 0 Å².